The first kappa shape index (κ1) is 20.7. The van der Waals surface area contributed by atoms with Crippen LogP contribution in [-0.4, -0.2) is 30.0 Å². The molecule has 0 saturated carbocycles. The molecular weight excluding hydrogens is 396 g/mol. The zero-order chi connectivity index (χ0) is 20.1. The van der Waals surface area contributed by atoms with Crippen LogP contribution in [0.3, 0.4) is 0 Å². The summed E-state index contributed by atoms with van der Waals surface area (Å²) in [5, 5.41) is 13.7. The van der Waals surface area contributed by atoms with E-state index in [-0.39, 0.29) is 29.7 Å². The maximum absolute atomic E-state index is 12.2. The third kappa shape index (κ3) is 4.95. The molecule has 1 N–H and O–H groups in total. The second-order valence-electron chi connectivity index (χ2n) is 5.42. The molecule has 1 amide bonds. The van der Waals surface area contributed by atoms with Crippen LogP contribution in [-0.2, 0) is 9.53 Å². The quantitative estimate of drug-likeness (QED) is 0.416. The van der Waals surface area contributed by atoms with Gasteiger partial charge in [-0.05, 0) is 32.4 Å². The number of carbonyl (C=O) groups excluding carboxylic acids is 2. The molecule has 0 aliphatic carbocycles. The van der Waals surface area contributed by atoms with E-state index in [0.29, 0.717) is 10.6 Å². The predicted octanol–water partition coefficient (Wildman–Crippen LogP) is 4.12. The Balaban J connectivity index is 2.07. The first-order chi connectivity index (χ1) is 12.7. The molecule has 0 saturated heterocycles. The van der Waals surface area contributed by atoms with Gasteiger partial charge in [0, 0.05) is 17.0 Å². The molecule has 27 heavy (non-hydrogen) atoms. The molecule has 0 aliphatic rings. The van der Waals surface area contributed by atoms with Crippen molar-refractivity contribution in [3.63, 3.8) is 0 Å². The fraction of sp³-hybridized carbons (Fsp3) is 0.294. The number of hydrogen-bond donors (Lipinski definition) is 1. The van der Waals surface area contributed by atoms with Crippen molar-refractivity contribution < 1.29 is 24.0 Å². The molecule has 0 bridgehead atoms. The number of nitro benzene ring substituents is 1. The van der Waals surface area contributed by atoms with Gasteiger partial charge in [-0.15, -0.1) is 11.3 Å². The van der Waals surface area contributed by atoms with Gasteiger partial charge in [-0.3, -0.25) is 14.9 Å². The van der Waals surface area contributed by atoms with Crippen LogP contribution in [0.25, 0.3) is 0 Å². The highest BCUT2D eigenvalue weighted by Gasteiger charge is 2.22. The van der Waals surface area contributed by atoms with Crippen molar-refractivity contribution in [2.24, 2.45) is 0 Å². The van der Waals surface area contributed by atoms with Crippen LogP contribution in [0.2, 0.25) is 5.02 Å². The molecule has 0 atom stereocenters. The Morgan fingerprint density at radius 3 is 2.63 bits per heavy atom. The fourth-order valence-electron chi connectivity index (χ4n) is 2.19. The lowest BCUT2D eigenvalue weighted by atomic mass is 10.1. The van der Waals surface area contributed by atoms with Crippen LogP contribution in [0, 0.1) is 24.0 Å². The van der Waals surface area contributed by atoms with E-state index >= 15 is 0 Å². The molecule has 0 spiro atoms. The molecule has 1 heterocycles. The number of hydrogen-bond acceptors (Lipinski definition) is 7. The zero-order valence-electron chi connectivity index (χ0n) is 14.8. The number of nitrogens with zero attached hydrogens (tertiary/aromatic N) is 1. The number of rotatable bonds is 7. The van der Waals surface area contributed by atoms with Gasteiger partial charge >= 0.3 is 5.97 Å². The number of ether oxygens (including phenoxy) is 2. The summed E-state index contributed by atoms with van der Waals surface area (Å²) in [4.78, 5) is 35.3. The number of aryl methyl sites for hydroxylation is 1. The van der Waals surface area contributed by atoms with E-state index < -0.39 is 16.8 Å². The molecule has 0 unspecified atom stereocenters. The summed E-state index contributed by atoms with van der Waals surface area (Å²) < 4.78 is 10.3. The zero-order valence-corrected chi connectivity index (χ0v) is 16.4. The lowest BCUT2D eigenvalue weighted by molar-refractivity contribution is -0.384. The third-order valence-corrected chi connectivity index (χ3v) is 5.02. The van der Waals surface area contributed by atoms with E-state index in [1.54, 1.807) is 13.8 Å². The van der Waals surface area contributed by atoms with E-state index in [1.165, 1.54) is 23.5 Å². The summed E-state index contributed by atoms with van der Waals surface area (Å²) >= 11 is 7.19. The van der Waals surface area contributed by atoms with Gasteiger partial charge in [-0.1, -0.05) is 11.6 Å². The topological polar surface area (TPSA) is 108 Å². The smallest absolute Gasteiger partial charge is 0.341 e. The van der Waals surface area contributed by atoms with Crippen molar-refractivity contribution in [2.75, 3.05) is 18.5 Å². The van der Waals surface area contributed by atoms with Gasteiger partial charge in [0.2, 0.25) is 0 Å². The lowest BCUT2D eigenvalue weighted by Gasteiger charge is -2.09. The molecule has 2 aromatic rings. The van der Waals surface area contributed by atoms with E-state index in [9.17, 15) is 19.7 Å². The average molecular weight is 413 g/mol. The van der Waals surface area contributed by atoms with Crippen molar-refractivity contribution in [1.82, 2.24) is 0 Å². The second-order valence-corrected chi connectivity index (χ2v) is 7.05. The normalized spacial score (nSPS) is 10.4. The molecule has 8 nitrogen and oxygen atoms in total. The van der Waals surface area contributed by atoms with E-state index in [2.05, 4.69) is 5.32 Å². The molecule has 0 fully saturated rings. The number of benzene rings is 1. The Morgan fingerprint density at radius 2 is 2.04 bits per heavy atom. The number of thiophene rings is 1. The van der Waals surface area contributed by atoms with Crippen LogP contribution in [0.5, 0.6) is 5.75 Å². The summed E-state index contributed by atoms with van der Waals surface area (Å²) in [5.41, 5.74) is 0.884. The van der Waals surface area contributed by atoms with Crippen LogP contribution < -0.4 is 10.1 Å². The minimum Gasteiger partial charge on any atom is -0.482 e. The highest BCUT2D eigenvalue weighted by atomic mass is 35.5. The Bertz CT molecular complexity index is 896. The molecular formula is C17H17ClN2O6S. The number of anilines is 1. The SMILES string of the molecule is CCOC(=O)c1c(NC(=O)COc2ccc([N+](=O)[O-])cc2Cl)sc(C)c1C. The van der Waals surface area contributed by atoms with Crippen molar-refractivity contribution >= 4 is 45.5 Å². The summed E-state index contributed by atoms with van der Waals surface area (Å²) in [7, 11) is 0. The molecule has 0 aliphatic heterocycles. The Labute approximate surface area is 164 Å². The van der Waals surface area contributed by atoms with E-state index in [0.717, 1.165) is 16.5 Å². The second kappa shape index (κ2) is 8.83. The van der Waals surface area contributed by atoms with Crippen molar-refractivity contribution in [1.29, 1.82) is 0 Å². The minimum atomic E-state index is -0.583. The van der Waals surface area contributed by atoms with Gasteiger partial charge in [-0.25, -0.2) is 4.79 Å². The Morgan fingerprint density at radius 1 is 1.33 bits per heavy atom. The lowest BCUT2D eigenvalue weighted by Crippen LogP contribution is -2.21. The summed E-state index contributed by atoms with van der Waals surface area (Å²) in [6.45, 7) is 5.16. The van der Waals surface area contributed by atoms with Gasteiger partial charge in [-0.2, -0.15) is 0 Å². The van der Waals surface area contributed by atoms with Crippen LogP contribution >= 0.6 is 22.9 Å². The van der Waals surface area contributed by atoms with Crippen LogP contribution in [0.1, 0.15) is 27.7 Å². The van der Waals surface area contributed by atoms with Gasteiger partial charge in [0.25, 0.3) is 11.6 Å². The van der Waals surface area contributed by atoms with Crippen LogP contribution in [0.15, 0.2) is 18.2 Å². The number of carbonyl (C=O) groups is 2. The number of amides is 1. The molecule has 0 radical (unpaired) electrons. The number of halogens is 1. The van der Waals surface area contributed by atoms with Crippen molar-refractivity contribution in [3.8, 4) is 5.75 Å². The van der Waals surface area contributed by atoms with Crippen molar-refractivity contribution in [3.05, 3.63) is 49.3 Å². The van der Waals surface area contributed by atoms with E-state index in [4.69, 9.17) is 21.1 Å². The summed E-state index contributed by atoms with van der Waals surface area (Å²) in [6, 6.07) is 3.68. The largest absolute Gasteiger partial charge is 0.482 e. The highest BCUT2D eigenvalue weighted by molar-refractivity contribution is 7.16. The number of nitro groups is 1. The third-order valence-electron chi connectivity index (χ3n) is 3.60. The molecule has 10 heteroatoms. The van der Waals surface area contributed by atoms with Crippen molar-refractivity contribution in [2.45, 2.75) is 20.8 Å². The predicted molar refractivity (Wildman–Crippen MR) is 102 cm³/mol. The van der Waals surface area contributed by atoms with Gasteiger partial charge in [0.15, 0.2) is 6.61 Å². The number of esters is 1. The molecule has 1 aromatic carbocycles. The molecule has 2 rings (SSSR count). The number of nitrogens with one attached hydrogen (secondary N) is 1. The fourth-order valence-corrected chi connectivity index (χ4v) is 3.48. The first-order valence-electron chi connectivity index (χ1n) is 7.88. The Hall–Kier alpha value is -2.65. The monoisotopic (exact) mass is 412 g/mol. The number of non-ortho nitro benzene ring substituents is 1. The minimum absolute atomic E-state index is 0.0204. The van der Waals surface area contributed by atoms with Gasteiger partial charge in [0.1, 0.15) is 10.8 Å². The van der Waals surface area contributed by atoms with Gasteiger partial charge in [0.05, 0.1) is 22.1 Å². The standard InChI is InChI=1S/C17H17ClN2O6S/c1-4-25-17(22)15-9(2)10(3)27-16(15)19-14(21)8-26-13-6-5-11(20(23)24)7-12(13)18/h5-7H,4,8H2,1-3H3,(H,19,21). The molecule has 144 valence electrons. The maximum atomic E-state index is 12.2. The maximum Gasteiger partial charge on any atom is 0.341 e. The summed E-state index contributed by atoms with van der Waals surface area (Å²) in [6.07, 6.45) is 0. The Kier molecular flexibility index (Phi) is 6.75. The average Bonchev–Trinajstić information content (AvgIpc) is 2.87. The first-order valence-corrected chi connectivity index (χ1v) is 9.07. The van der Waals surface area contributed by atoms with E-state index in [1.807, 2.05) is 6.92 Å². The highest BCUT2D eigenvalue weighted by Crippen LogP contribution is 2.33. The summed E-state index contributed by atoms with van der Waals surface area (Å²) in [5.74, 6) is -0.869. The van der Waals surface area contributed by atoms with Gasteiger partial charge < -0.3 is 14.8 Å². The van der Waals surface area contributed by atoms with Crippen LogP contribution in [0.4, 0.5) is 10.7 Å². The molecule has 1 aromatic heterocycles.